The molecule has 268 valence electrons. The van der Waals surface area contributed by atoms with Crippen LogP contribution < -0.4 is 9.62 Å². The minimum Gasteiger partial charge on any atom is -0.480 e. The van der Waals surface area contributed by atoms with Crippen LogP contribution in [0.25, 0.3) is 0 Å². The number of aliphatic carboxylic acids is 1. The molecule has 0 aliphatic carbocycles. The largest absolute Gasteiger partial charge is 0.480 e. The Kier molecular flexibility index (Phi) is 13.5. The lowest BCUT2D eigenvalue weighted by Gasteiger charge is -2.34. The summed E-state index contributed by atoms with van der Waals surface area (Å²) in [6.07, 6.45) is 6.36. The van der Waals surface area contributed by atoms with Crippen LogP contribution in [0.5, 0.6) is 0 Å². The van der Waals surface area contributed by atoms with Gasteiger partial charge < -0.3 is 14.7 Å². The first kappa shape index (κ1) is 38.9. The number of nitrogens with zero attached hydrogens (tertiary/aromatic N) is 3. The molecule has 1 aromatic carbocycles. The summed E-state index contributed by atoms with van der Waals surface area (Å²) >= 11 is 19.8. The van der Waals surface area contributed by atoms with Crippen molar-refractivity contribution < 1.29 is 31.5 Å². The first-order chi connectivity index (χ1) is 23.2. The van der Waals surface area contributed by atoms with Crippen LogP contribution >= 0.6 is 66.4 Å². The van der Waals surface area contributed by atoms with E-state index in [9.17, 15) is 26.7 Å². The van der Waals surface area contributed by atoms with E-state index in [2.05, 4.69) is 46.5 Å². The van der Waals surface area contributed by atoms with Crippen molar-refractivity contribution in [2.24, 2.45) is 5.92 Å². The van der Waals surface area contributed by atoms with E-state index < -0.39 is 32.1 Å². The molecule has 0 saturated carbocycles. The third-order valence-corrected chi connectivity index (χ3v) is 15.7. The normalized spacial score (nSPS) is 18.9. The smallest absolute Gasteiger partial charge is 0.322 e. The van der Waals surface area contributed by atoms with Gasteiger partial charge in [-0.2, -0.15) is 9.03 Å². The van der Waals surface area contributed by atoms with Gasteiger partial charge in [-0.25, -0.2) is 21.8 Å². The van der Waals surface area contributed by atoms with Crippen LogP contribution in [-0.2, 0) is 36.0 Å². The molecule has 0 bridgehead atoms. The standard InChI is InChI=1S/C31H36Br2Cl2N4O7S3/c32-25-17-28(47-29(25)35)49(44,45)39-11-1-4-23(19-39)46-14-2-3-20-9-12-38(13-10-20)30-26(33)16-24(18-36-30)48(42,43)37-27(31(40)41)15-21-5-7-22(34)8-6-21/h5-8,16-18,20,23,27,37H,1-4,9-15,19H2,(H,40,41). The second-order valence-corrected chi connectivity index (χ2v) is 19.8. The number of pyridine rings is 1. The molecule has 2 N–H and O–H groups in total. The zero-order chi connectivity index (χ0) is 35.3. The van der Waals surface area contributed by atoms with E-state index in [1.165, 1.54) is 16.6 Å². The number of carboxylic acid groups (broad SMARTS) is 1. The SMILES string of the molecule is O=C(O)C(Cc1ccc(Cl)cc1)NS(=O)(=O)c1cnc(N2CCC(CCCOC3CCCN(S(=O)(=O)c4cc(Br)c(Cl)s4)C3)CC2)c(Br)c1. The molecule has 2 fully saturated rings. The van der Waals surface area contributed by atoms with Crippen LogP contribution in [0.2, 0.25) is 9.36 Å². The number of ether oxygens (including phenoxy) is 1. The highest BCUT2D eigenvalue weighted by Gasteiger charge is 2.33. The molecule has 2 saturated heterocycles. The van der Waals surface area contributed by atoms with Gasteiger partial charge in [0.15, 0.2) is 0 Å². The summed E-state index contributed by atoms with van der Waals surface area (Å²) in [6.45, 7) is 2.86. The van der Waals surface area contributed by atoms with Crippen molar-refractivity contribution in [3.8, 4) is 0 Å². The van der Waals surface area contributed by atoms with Gasteiger partial charge in [-0.1, -0.05) is 35.3 Å². The Balaban J connectivity index is 1.07. The average molecular weight is 904 g/mol. The fourth-order valence-corrected chi connectivity index (χ4v) is 12.0. The molecule has 0 radical (unpaired) electrons. The molecule has 11 nitrogen and oxygen atoms in total. The van der Waals surface area contributed by atoms with Crippen LogP contribution in [0, 0.1) is 5.92 Å². The number of aromatic nitrogens is 1. The van der Waals surface area contributed by atoms with Crippen molar-refractivity contribution in [2.45, 2.75) is 66.2 Å². The summed E-state index contributed by atoms with van der Waals surface area (Å²) in [7, 11) is -7.79. The van der Waals surface area contributed by atoms with Crippen molar-refractivity contribution in [1.82, 2.24) is 14.0 Å². The number of hydrogen-bond donors (Lipinski definition) is 2. The third kappa shape index (κ3) is 10.2. The molecule has 2 aliphatic heterocycles. The average Bonchev–Trinajstić information content (AvgIpc) is 3.42. The van der Waals surface area contributed by atoms with E-state index >= 15 is 0 Å². The van der Waals surface area contributed by atoms with E-state index in [0.717, 1.165) is 63.0 Å². The molecule has 2 aromatic heterocycles. The maximum Gasteiger partial charge on any atom is 0.322 e. The highest BCUT2D eigenvalue weighted by molar-refractivity contribution is 9.11. The molecule has 0 spiro atoms. The van der Waals surface area contributed by atoms with Gasteiger partial charge in [0.1, 0.15) is 25.3 Å². The Bertz CT molecular complexity index is 1820. The highest BCUT2D eigenvalue weighted by Crippen LogP contribution is 2.37. The topological polar surface area (TPSA) is 146 Å². The van der Waals surface area contributed by atoms with E-state index in [-0.39, 0.29) is 21.6 Å². The summed E-state index contributed by atoms with van der Waals surface area (Å²) in [5.74, 6) is -0.163. The zero-order valence-electron chi connectivity index (χ0n) is 26.2. The summed E-state index contributed by atoms with van der Waals surface area (Å²) in [4.78, 5) is 18.3. The second-order valence-electron chi connectivity index (χ2n) is 12.1. The summed E-state index contributed by atoms with van der Waals surface area (Å²) < 4.78 is 64.1. The van der Waals surface area contributed by atoms with Crippen molar-refractivity contribution in [1.29, 1.82) is 0 Å². The molecule has 0 amide bonds. The third-order valence-electron chi connectivity index (χ3n) is 8.64. The van der Waals surface area contributed by atoms with E-state index in [4.69, 9.17) is 27.9 Å². The minimum absolute atomic E-state index is 0.0481. The molecule has 4 heterocycles. The molecule has 18 heteroatoms. The van der Waals surface area contributed by atoms with Gasteiger partial charge in [-0.05, 0) is 113 Å². The number of anilines is 1. The number of thiophene rings is 1. The van der Waals surface area contributed by atoms with Crippen molar-refractivity contribution in [2.75, 3.05) is 37.7 Å². The number of hydrogen-bond acceptors (Lipinski definition) is 9. The predicted molar refractivity (Wildman–Crippen MR) is 198 cm³/mol. The van der Waals surface area contributed by atoms with Crippen LogP contribution in [0.4, 0.5) is 5.82 Å². The van der Waals surface area contributed by atoms with Crippen LogP contribution in [-0.4, -0.2) is 82.1 Å². The number of rotatable bonds is 14. The minimum atomic E-state index is -4.18. The fraction of sp³-hybridized carbons (Fsp3) is 0.484. The Morgan fingerprint density at radius 3 is 2.41 bits per heavy atom. The molecule has 2 aliphatic rings. The summed E-state index contributed by atoms with van der Waals surface area (Å²) in [5, 5.41) is 10.2. The van der Waals surface area contributed by atoms with E-state index in [0.29, 0.717) is 55.3 Å². The van der Waals surface area contributed by atoms with Crippen molar-refractivity contribution in [3.63, 3.8) is 0 Å². The number of sulfonamides is 2. The monoisotopic (exact) mass is 900 g/mol. The van der Waals surface area contributed by atoms with Gasteiger partial charge in [0.2, 0.25) is 10.0 Å². The van der Waals surface area contributed by atoms with Gasteiger partial charge in [-0.15, -0.1) is 11.3 Å². The van der Waals surface area contributed by atoms with Crippen LogP contribution in [0.15, 0.2) is 60.6 Å². The second kappa shape index (κ2) is 17.0. The molecule has 49 heavy (non-hydrogen) atoms. The van der Waals surface area contributed by atoms with Gasteiger partial charge in [0.05, 0.1) is 10.6 Å². The van der Waals surface area contributed by atoms with Crippen molar-refractivity contribution >= 4 is 98.2 Å². The van der Waals surface area contributed by atoms with Gasteiger partial charge >= 0.3 is 5.97 Å². The Labute approximate surface area is 317 Å². The molecular formula is C31H36Br2Cl2N4O7S3. The van der Waals surface area contributed by atoms with Crippen LogP contribution in [0.1, 0.15) is 44.1 Å². The molecular weight excluding hydrogens is 867 g/mol. The number of halogens is 4. The Morgan fingerprint density at radius 1 is 1.06 bits per heavy atom. The van der Waals surface area contributed by atoms with Gasteiger partial charge in [0, 0.05) is 48.5 Å². The van der Waals surface area contributed by atoms with Crippen LogP contribution in [0.3, 0.4) is 0 Å². The number of piperidine rings is 2. The lowest BCUT2D eigenvalue weighted by atomic mass is 9.92. The Morgan fingerprint density at radius 2 is 1.78 bits per heavy atom. The first-order valence-electron chi connectivity index (χ1n) is 15.7. The maximum atomic E-state index is 13.1. The van der Waals surface area contributed by atoms with E-state index in [1.807, 2.05) is 0 Å². The molecule has 2 atom stereocenters. The fourth-order valence-electron chi connectivity index (χ4n) is 5.98. The maximum absolute atomic E-state index is 13.1. The highest BCUT2D eigenvalue weighted by atomic mass is 79.9. The summed E-state index contributed by atoms with van der Waals surface area (Å²) in [5.41, 5.74) is 0.629. The lowest BCUT2D eigenvalue weighted by molar-refractivity contribution is -0.138. The molecule has 5 rings (SSSR count). The number of nitrogens with one attached hydrogen (secondary N) is 1. The van der Waals surface area contributed by atoms with Gasteiger partial charge in [0.25, 0.3) is 10.0 Å². The first-order valence-corrected chi connectivity index (χ1v) is 21.8. The zero-order valence-corrected chi connectivity index (χ0v) is 33.4. The van der Waals surface area contributed by atoms with Crippen molar-refractivity contribution in [3.05, 3.63) is 66.5 Å². The number of carboxylic acids is 1. The lowest BCUT2D eigenvalue weighted by Crippen LogP contribution is -2.43. The molecule has 3 aromatic rings. The van der Waals surface area contributed by atoms with Gasteiger partial charge in [-0.3, -0.25) is 4.79 Å². The number of benzene rings is 1. The number of carbonyl (C=O) groups is 1. The quantitative estimate of drug-likeness (QED) is 0.167. The predicted octanol–water partition coefficient (Wildman–Crippen LogP) is 6.82. The van der Waals surface area contributed by atoms with E-state index in [1.54, 1.807) is 30.3 Å². The molecule has 2 unspecified atom stereocenters. The Hall–Kier alpha value is -1.34. The summed E-state index contributed by atoms with van der Waals surface area (Å²) in [6, 6.07) is 8.17.